The van der Waals surface area contributed by atoms with Gasteiger partial charge < -0.3 is 14.8 Å². The summed E-state index contributed by atoms with van der Waals surface area (Å²) in [6.45, 7) is 1.27. The number of anilines is 1. The predicted octanol–water partition coefficient (Wildman–Crippen LogP) is 3.04. The van der Waals surface area contributed by atoms with Crippen LogP contribution in [0.25, 0.3) is 0 Å². The molecule has 1 N–H and O–H groups in total. The van der Waals surface area contributed by atoms with Crippen molar-refractivity contribution in [3.05, 3.63) is 59.7 Å². The number of benzene rings is 2. The molecule has 7 heteroatoms. The average molecular weight is 389 g/mol. The first kappa shape index (κ1) is 19.4. The molecule has 1 atom stereocenters. The van der Waals surface area contributed by atoms with Crippen LogP contribution < -0.4 is 10.1 Å². The first-order valence-corrected chi connectivity index (χ1v) is 10.9. The van der Waals surface area contributed by atoms with Crippen LogP contribution in [0.15, 0.2) is 48.5 Å². The Balaban J connectivity index is 1.63. The molecular formula is C20H23NO5S. The lowest BCUT2D eigenvalue weighted by Gasteiger charge is -2.13. The van der Waals surface area contributed by atoms with E-state index >= 15 is 0 Å². The van der Waals surface area contributed by atoms with Crippen LogP contribution in [-0.2, 0) is 20.3 Å². The van der Waals surface area contributed by atoms with Crippen molar-refractivity contribution in [1.82, 2.24) is 0 Å². The van der Waals surface area contributed by atoms with Crippen LogP contribution in [0.5, 0.6) is 5.75 Å². The van der Waals surface area contributed by atoms with E-state index in [1.165, 1.54) is 6.26 Å². The van der Waals surface area contributed by atoms with Crippen molar-refractivity contribution in [2.45, 2.75) is 24.7 Å². The normalized spacial score (nSPS) is 16.9. The monoisotopic (exact) mass is 389 g/mol. The van der Waals surface area contributed by atoms with Crippen LogP contribution in [0.2, 0.25) is 0 Å². The molecule has 1 aliphatic rings. The highest BCUT2D eigenvalue weighted by atomic mass is 32.2. The number of sulfone groups is 1. The zero-order valence-corrected chi connectivity index (χ0v) is 16.0. The number of carbonyl (C=O) groups is 1. The van der Waals surface area contributed by atoms with Crippen molar-refractivity contribution in [3.8, 4) is 5.75 Å². The van der Waals surface area contributed by atoms with E-state index in [1.807, 2.05) is 6.07 Å². The number of hydrogen-bond acceptors (Lipinski definition) is 5. The molecule has 2 aromatic rings. The van der Waals surface area contributed by atoms with Gasteiger partial charge in [0.2, 0.25) is 0 Å². The van der Waals surface area contributed by atoms with Gasteiger partial charge in [-0.3, -0.25) is 4.79 Å². The fourth-order valence-electron chi connectivity index (χ4n) is 2.94. The predicted molar refractivity (Wildman–Crippen MR) is 104 cm³/mol. The zero-order valence-electron chi connectivity index (χ0n) is 15.2. The van der Waals surface area contributed by atoms with Crippen LogP contribution in [0.3, 0.4) is 0 Å². The van der Waals surface area contributed by atoms with E-state index < -0.39 is 9.84 Å². The summed E-state index contributed by atoms with van der Waals surface area (Å²) >= 11 is 0. The molecule has 1 aliphatic heterocycles. The van der Waals surface area contributed by atoms with Crippen molar-refractivity contribution >= 4 is 21.4 Å². The van der Waals surface area contributed by atoms with Crippen LogP contribution in [0, 0.1) is 0 Å². The van der Waals surface area contributed by atoms with E-state index in [0.29, 0.717) is 29.2 Å². The highest BCUT2D eigenvalue weighted by molar-refractivity contribution is 7.89. The molecule has 1 unspecified atom stereocenters. The second kappa shape index (κ2) is 8.54. The maximum Gasteiger partial charge on any atom is 0.255 e. The Hall–Kier alpha value is -2.38. The molecule has 1 saturated heterocycles. The van der Waals surface area contributed by atoms with Gasteiger partial charge in [0.1, 0.15) is 12.4 Å². The highest BCUT2D eigenvalue weighted by Crippen LogP contribution is 2.20. The minimum Gasteiger partial charge on any atom is -0.491 e. The first-order chi connectivity index (χ1) is 12.9. The summed E-state index contributed by atoms with van der Waals surface area (Å²) in [5.74, 6) is 0.261. The SMILES string of the molecule is CS(=O)(=O)Cc1cccc(C(=O)Nc2cccc(OCC3CCCO3)c2)c1. The molecule has 0 aromatic heterocycles. The summed E-state index contributed by atoms with van der Waals surface area (Å²) < 4.78 is 34.2. The molecule has 3 rings (SSSR count). The number of ether oxygens (including phenoxy) is 2. The number of hydrogen-bond donors (Lipinski definition) is 1. The van der Waals surface area contributed by atoms with Crippen molar-refractivity contribution in [1.29, 1.82) is 0 Å². The molecule has 27 heavy (non-hydrogen) atoms. The lowest BCUT2D eigenvalue weighted by atomic mass is 10.1. The average Bonchev–Trinajstić information content (AvgIpc) is 3.13. The maximum atomic E-state index is 12.5. The van der Waals surface area contributed by atoms with Crippen molar-refractivity contribution < 1.29 is 22.7 Å². The molecule has 1 heterocycles. The number of amides is 1. The summed E-state index contributed by atoms with van der Waals surface area (Å²) in [6.07, 6.45) is 3.35. The lowest BCUT2D eigenvalue weighted by Crippen LogP contribution is -2.16. The summed E-state index contributed by atoms with van der Waals surface area (Å²) in [7, 11) is -3.16. The fourth-order valence-corrected chi connectivity index (χ4v) is 3.72. The Bertz CT molecular complexity index is 904. The smallest absolute Gasteiger partial charge is 0.255 e. The van der Waals surface area contributed by atoms with Crippen LogP contribution in [0.4, 0.5) is 5.69 Å². The zero-order chi connectivity index (χ0) is 19.3. The Morgan fingerprint density at radius 1 is 1.22 bits per heavy atom. The Labute approximate surface area is 159 Å². The third-order valence-electron chi connectivity index (χ3n) is 4.17. The summed E-state index contributed by atoms with van der Waals surface area (Å²) in [6, 6.07) is 13.8. The topological polar surface area (TPSA) is 81.7 Å². The minimum absolute atomic E-state index is 0.0965. The molecule has 0 bridgehead atoms. The maximum absolute atomic E-state index is 12.5. The minimum atomic E-state index is -3.16. The Morgan fingerprint density at radius 2 is 2.04 bits per heavy atom. The van der Waals surface area contributed by atoms with Gasteiger partial charge >= 0.3 is 0 Å². The summed E-state index contributed by atoms with van der Waals surface area (Å²) in [5.41, 5.74) is 1.60. The van der Waals surface area contributed by atoms with Crippen LogP contribution in [0.1, 0.15) is 28.8 Å². The first-order valence-electron chi connectivity index (χ1n) is 8.81. The number of carbonyl (C=O) groups excluding carboxylic acids is 1. The summed E-state index contributed by atoms with van der Waals surface area (Å²) in [5, 5.41) is 2.82. The number of nitrogens with one attached hydrogen (secondary N) is 1. The van der Waals surface area contributed by atoms with Gasteiger partial charge in [-0.25, -0.2) is 8.42 Å². The third-order valence-corrected chi connectivity index (χ3v) is 5.03. The van der Waals surface area contributed by atoms with Crippen molar-refractivity contribution in [3.63, 3.8) is 0 Å². The molecule has 0 saturated carbocycles. The Morgan fingerprint density at radius 3 is 2.78 bits per heavy atom. The fraction of sp³-hybridized carbons (Fsp3) is 0.350. The van der Waals surface area contributed by atoms with Crippen LogP contribution >= 0.6 is 0 Å². The molecule has 1 fully saturated rings. The van der Waals surface area contributed by atoms with E-state index in [-0.39, 0.29) is 17.8 Å². The van der Waals surface area contributed by atoms with E-state index in [4.69, 9.17) is 9.47 Å². The van der Waals surface area contributed by atoms with E-state index in [1.54, 1.807) is 42.5 Å². The lowest BCUT2D eigenvalue weighted by molar-refractivity contribution is 0.0680. The van der Waals surface area contributed by atoms with Crippen molar-refractivity contribution in [2.24, 2.45) is 0 Å². The highest BCUT2D eigenvalue weighted by Gasteiger charge is 2.16. The molecule has 144 valence electrons. The van der Waals surface area contributed by atoms with Gasteiger partial charge in [-0.1, -0.05) is 18.2 Å². The van der Waals surface area contributed by atoms with Crippen LogP contribution in [-0.4, -0.2) is 39.9 Å². The van der Waals surface area contributed by atoms with E-state index in [2.05, 4.69) is 5.32 Å². The van der Waals surface area contributed by atoms with E-state index in [0.717, 1.165) is 19.4 Å². The van der Waals surface area contributed by atoms with Gasteiger partial charge in [-0.15, -0.1) is 0 Å². The Kier molecular flexibility index (Phi) is 6.13. The molecule has 2 aromatic carbocycles. The molecule has 0 spiro atoms. The summed E-state index contributed by atoms with van der Waals surface area (Å²) in [4.78, 5) is 12.5. The second-order valence-corrected chi connectivity index (χ2v) is 8.84. The van der Waals surface area contributed by atoms with Gasteiger partial charge in [0.05, 0.1) is 11.9 Å². The largest absolute Gasteiger partial charge is 0.491 e. The molecule has 6 nitrogen and oxygen atoms in total. The molecular weight excluding hydrogens is 366 g/mol. The molecule has 0 aliphatic carbocycles. The third kappa shape index (κ3) is 6.08. The molecule has 1 amide bonds. The second-order valence-electron chi connectivity index (χ2n) is 6.70. The number of rotatable bonds is 7. The standard InChI is InChI=1S/C20H23NO5S/c1-27(23,24)14-15-5-2-6-16(11-15)20(22)21-17-7-3-8-18(12-17)26-13-19-9-4-10-25-19/h2-3,5-8,11-12,19H,4,9-10,13-14H2,1H3,(H,21,22). The van der Waals surface area contributed by atoms with Gasteiger partial charge in [-0.2, -0.15) is 0 Å². The van der Waals surface area contributed by atoms with E-state index in [9.17, 15) is 13.2 Å². The van der Waals surface area contributed by atoms with Gasteiger partial charge in [0, 0.05) is 30.2 Å². The molecule has 0 radical (unpaired) electrons. The quantitative estimate of drug-likeness (QED) is 0.787. The van der Waals surface area contributed by atoms with Gasteiger partial charge in [-0.05, 0) is 42.7 Å². The van der Waals surface area contributed by atoms with Crippen molar-refractivity contribution in [2.75, 3.05) is 24.8 Å². The van der Waals surface area contributed by atoms with Gasteiger partial charge in [0.15, 0.2) is 9.84 Å². The van der Waals surface area contributed by atoms with Gasteiger partial charge in [0.25, 0.3) is 5.91 Å².